The van der Waals surface area contributed by atoms with E-state index < -0.39 is 6.61 Å². The monoisotopic (exact) mass is 549 g/mol. The second-order valence-corrected chi connectivity index (χ2v) is 7.22. The van der Waals surface area contributed by atoms with Gasteiger partial charge in [0.15, 0.2) is 11.8 Å². The Morgan fingerprint density at radius 2 is 2.03 bits per heavy atom. The Labute approximate surface area is 198 Å². The van der Waals surface area contributed by atoms with E-state index in [0.29, 0.717) is 6.54 Å². The molecule has 0 amide bonds. The maximum atomic E-state index is 12.3. The van der Waals surface area contributed by atoms with Crippen LogP contribution in [0.5, 0.6) is 5.75 Å². The molecule has 0 aliphatic carbocycles. The highest BCUT2D eigenvalue weighted by molar-refractivity contribution is 14.0. The minimum Gasteiger partial charge on any atom is -0.435 e. The van der Waals surface area contributed by atoms with Crippen molar-refractivity contribution < 1.29 is 13.5 Å². The lowest BCUT2D eigenvalue weighted by atomic mass is 10.0. The SMILES string of the molecule is CCNC(=NCc1nnc(C)n1C)NC1CCCN(c2ccc(OC(F)F)cc2)C1.I. The lowest BCUT2D eigenvalue weighted by Gasteiger charge is -2.35. The fraction of sp³-hybridized carbons (Fsp3) is 0.550. The Kier molecular flexibility index (Phi) is 9.72. The van der Waals surface area contributed by atoms with Crippen molar-refractivity contribution in [3.05, 3.63) is 35.9 Å². The number of ether oxygens (including phenoxy) is 1. The zero-order chi connectivity index (χ0) is 21.5. The molecule has 2 heterocycles. The van der Waals surface area contributed by atoms with Gasteiger partial charge in [0.05, 0.1) is 0 Å². The summed E-state index contributed by atoms with van der Waals surface area (Å²) in [4.78, 5) is 6.89. The molecule has 1 fully saturated rings. The maximum absolute atomic E-state index is 12.3. The van der Waals surface area contributed by atoms with Gasteiger partial charge in [0.2, 0.25) is 0 Å². The highest BCUT2D eigenvalue weighted by Crippen LogP contribution is 2.23. The van der Waals surface area contributed by atoms with Gasteiger partial charge in [-0.05, 0) is 51.0 Å². The molecule has 0 spiro atoms. The summed E-state index contributed by atoms with van der Waals surface area (Å²) in [7, 11) is 1.93. The zero-order valence-electron chi connectivity index (χ0n) is 18.0. The number of hydrogen-bond acceptors (Lipinski definition) is 5. The molecule has 3 rings (SSSR count). The lowest BCUT2D eigenvalue weighted by molar-refractivity contribution is -0.0498. The summed E-state index contributed by atoms with van der Waals surface area (Å²) >= 11 is 0. The number of halogens is 3. The summed E-state index contributed by atoms with van der Waals surface area (Å²) in [6, 6.07) is 7.00. The lowest BCUT2D eigenvalue weighted by Crippen LogP contribution is -2.51. The van der Waals surface area contributed by atoms with E-state index in [1.807, 2.05) is 37.6 Å². The van der Waals surface area contributed by atoms with Crippen LogP contribution < -0.4 is 20.3 Å². The smallest absolute Gasteiger partial charge is 0.387 e. The van der Waals surface area contributed by atoms with Crippen molar-refractivity contribution in [2.75, 3.05) is 24.5 Å². The van der Waals surface area contributed by atoms with Gasteiger partial charge in [0.25, 0.3) is 0 Å². The first-order valence-electron chi connectivity index (χ1n) is 10.2. The third-order valence-corrected chi connectivity index (χ3v) is 5.09. The van der Waals surface area contributed by atoms with Crippen molar-refractivity contribution in [1.29, 1.82) is 0 Å². The summed E-state index contributed by atoms with van der Waals surface area (Å²) in [5, 5.41) is 15.0. The van der Waals surface area contributed by atoms with Crippen molar-refractivity contribution in [3.63, 3.8) is 0 Å². The Morgan fingerprint density at radius 1 is 1.29 bits per heavy atom. The number of alkyl halides is 2. The van der Waals surface area contributed by atoms with Gasteiger partial charge < -0.3 is 24.8 Å². The Morgan fingerprint density at radius 3 is 2.65 bits per heavy atom. The van der Waals surface area contributed by atoms with Gasteiger partial charge in [-0.3, -0.25) is 0 Å². The summed E-state index contributed by atoms with van der Waals surface area (Å²) in [6.07, 6.45) is 2.05. The van der Waals surface area contributed by atoms with Crippen LogP contribution in [0.3, 0.4) is 0 Å². The summed E-state index contributed by atoms with van der Waals surface area (Å²) in [5.74, 6) is 2.57. The molecule has 1 atom stereocenters. The number of aryl methyl sites for hydroxylation is 1. The average molecular weight is 549 g/mol. The molecule has 1 unspecified atom stereocenters. The largest absolute Gasteiger partial charge is 0.435 e. The number of nitrogens with zero attached hydrogens (tertiary/aromatic N) is 5. The van der Waals surface area contributed by atoms with Crippen LogP contribution in [0.4, 0.5) is 14.5 Å². The second kappa shape index (κ2) is 12.0. The van der Waals surface area contributed by atoms with E-state index >= 15 is 0 Å². The van der Waals surface area contributed by atoms with E-state index in [4.69, 9.17) is 0 Å². The predicted molar refractivity (Wildman–Crippen MR) is 127 cm³/mol. The molecule has 2 N–H and O–H groups in total. The van der Waals surface area contributed by atoms with Gasteiger partial charge in [0.1, 0.15) is 18.1 Å². The predicted octanol–water partition coefficient (Wildman–Crippen LogP) is 3.07. The third-order valence-electron chi connectivity index (χ3n) is 5.09. The molecule has 0 saturated carbocycles. The molecule has 1 saturated heterocycles. The molecule has 0 radical (unpaired) electrons. The molecule has 8 nitrogen and oxygen atoms in total. The van der Waals surface area contributed by atoms with Crippen LogP contribution in [-0.4, -0.2) is 53.0 Å². The summed E-state index contributed by atoms with van der Waals surface area (Å²) in [6.45, 7) is 4.03. The van der Waals surface area contributed by atoms with Crippen LogP contribution in [0.2, 0.25) is 0 Å². The number of rotatable bonds is 7. The first-order valence-corrected chi connectivity index (χ1v) is 10.2. The molecule has 1 aliphatic heterocycles. The van der Waals surface area contributed by atoms with Gasteiger partial charge in [-0.2, -0.15) is 8.78 Å². The van der Waals surface area contributed by atoms with Gasteiger partial charge in [-0.1, -0.05) is 0 Å². The van der Waals surface area contributed by atoms with Crippen molar-refractivity contribution in [3.8, 4) is 5.75 Å². The van der Waals surface area contributed by atoms with Crippen LogP contribution in [0.1, 0.15) is 31.4 Å². The highest BCUT2D eigenvalue weighted by Gasteiger charge is 2.21. The molecule has 172 valence electrons. The molecule has 1 aromatic carbocycles. The molecular weight excluding hydrogens is 519 g/mol. The van der Waals surface area contributed by atoms with Crippen LogP contribution in [-0.2, 0) is 13.6 Å². The number of aliphatic imine (C=N–C) groups is 1. The molecule has 0 bridgehead atoms. The van der Waals surface area contributed by atoms with Gasteiger partial charge in [0, 0.05) is 38.4 Å². The topological polar surface area (TPSA) is 79.6 Å². The first kappa shape index (κ1) is 25.1. The molecule has 11 heteroatoms. The average Bonchev–Trinajstić information content (AvgIpc) is 3.05. The molecular formula is C20H30F2IN7O. The van der Waals surface area contributed by atoms with Crippen molar-refractivity contribution in [2.24, 2.45) is 12.0 Å². The molecule has 1 aromatic heterocycles. The van der Waals surface area contributed by atoms with E-state index in [0.717, 1.165) is 55.8 Å². The number of benzene rings is 1. The standard InChI is InChI=1S/C20H29F2N7O.HI/c1-4-23-20(24-12-18-27-26-14(2)28(18)3)25-15-6-5-11-29(13-15)16-7-9-17(10-8-16)30-19(21)22;/h7-10,15,19H,4-6,11-13H2,1-3H3,(H2,23,24,25);1H. The van der Waals surface area contributed by atoms with Crippen LogP contribution >= 0.6 is 24.0 Å². The Hall–Kier alpha value is -2.18. The van der Waals surface area contributed by atoms with Crippen LogP contribution in [0, 0.1) is 6.92 Å². The third kappa shape index (κ3) is 7.18. The van der Waals surface area contributed by atoms with Crippen molar-refractivity contribution in [1.82, 2.24) is 25.4 Å². The van der Waals surface area contributed by atoms with Gasteiger partial charge in [-0.25, -0.2) is 4.99 Å². The Balaban J connectivity index is 0.00000341. The number of anilines is 1. The molecule has 31 heavy (non-hydrogen) atoms. The summed E-state index contributed by atoms with van der Waals surface area (Å²) < 4.78 is 31.0. The van der Waals surface area contributed by atoms with E-state index in [-0.39, 0.29) is 35.8 Å². The minimum absolute atomic E-state index is 0. The van der Waals surface area contributed by atoms with Gasteiger partial charge in [-0.15, -0.1) is 34.2 Å². The number of guanidine groups is 1. The molecule has 1 aliphatic rings. The zero-order valence-corrected chi connectivity index (χ0v) is 20.3. The number of piperidine rings is 1. The quantitative estimate of drug-likeness (QED) is 0.314. The molecule has 2 aromatic rings. The van der Waals surface area contributed by atoms with E-state index in [1.165, 1.54) is 0 Å². The van der Waals surface area contributed by atoms with E-state index in [1.54, 1.807) is 12.1 Å². The highest BCUT2D eigenvalue weighted by atomic mass is 127. The van der Waals surface area contributed by atoms with Gasteiger partial charge >= 0.3 is 6.61 Å². The van der Waals surface area contributed by atoms with Crippen LogP contribution in [0.15, 0.2) is 29.3 Å². The van der Waals surface area contributed by atoms with Crippen molar-refractivity contribution in [2.45, 2.75) is 45.9 Å². The van der Waals surface area contributed by atoms with Crippen molar-refractivity contribution >= 4 is 35.6 Å². The maximum Gasteiger partial charge on any atom is 0.387 e. The Bertz CT molecular complexity index is 845. The number of nitrogens with one attached hydrogen (secondary N) is 2. The number of hydrogen-bond donors (Lipinski definition) is 2. The fourth-order valence-corrected chi connectivity index (χ4v) is 3.42. The van der Waals surface area contributed by atoms with E-state index in [9.17, 15) is 8.78 Å². The number of aromatic nitrogens is 3. The minimum atomic E-state index is -2.81. The fourth-order valence-electron chi connectivity index (χ4n) is 3.42. The van der Waals surface area contributed by atoms with Crippen LogP contribution in [0.25, 0.3) is 0 Å². The summed E-state index contributed by atoms with van der Waals surface area (Å²) in [5.41, 5.74) is 0.986. The second-order valence-electron chi connectivity index (χ2n) is 7.22. The van der Waals surface area contributed by atoms with E-state index in [2.05, 4.69) is 35.5 Å². The first-order chi connectivity index (χ1) is 14.5. The normalized spacial score (nSPS) is 16.8.